The molecule has 2 aliphatic heterocycles. The first-order chi connectivity index (χ1) is 12.5. The molecular weight excluding hydrogens is 334 g/mol. The molecule has 9 heteroatoms. The van der Waals surface area contributed by atoms with Crippen molar-refractivity contribution >= 4 is 17.4 Å². The number of rotatable bonds is 3. The molecule has 2 atom stereocenters. The van der Waals surface area contributed by atoms with Crippen LogP contribution in [0.2, 0.25) is 0 Å². The van der Waals surface area contributed by atoms with Crippen molar-refractivity contribution in [1.29, 1.82) is 0 Å². The van der Waals surface area contributed by atoms with Crippen molar-refractivity contribution in [2.24, 2.45) is 5.92 Å². The maximum absolute atomic E-state index is 12.8. The van der Waals surface area contributed by atoms with E-state index in [0.717, 1.165) is 38.0 Å². The molecule has 0 radical (unpaired) electrons. The van der Waals surface area contributed by atoms with E-state index < -0.39 is 0 Å². The van der Waals surface area contributed by atoms with E-state index in [4.69, 9.17) is 4.74 Å². The van der Waals surface area contributed by atoms with Gasteiger partial charge in [-0.15, -0.1) is 14.8 Å². The maximum atomic E-state index is 12.8. The highest BCUT2D eigenvalue weighted by molar-refractivity contribution is 5.79. The number of ether oxygens (including phenoxy) is 1. The number of aromatic nitrogens is 5. The lowest BCUT2D eigenvalue weighted by atomic mass is 9.92. The van der Waals surface area contributed by atoms with E-state index in [-0.39, 0.29) is 23.5 Å². The number of amides is 1. The van der Waals surface area contributed by atoms with Gasteiger partial charge >= 0.3 is 0 Å². The van der Waals surface area contributed by atoms with E-state index in [2.05, 4.69) is 44.7 Å². The molecule has 1 amide bonds. The topological polar surface area (TPSA) is 97.5 Å². The average Bonchev–Trinajstić information content (AvgIpc) is 3.08. The lowest BCUT2D eigenvalue weighted by molar-refractivity contribution is -0.128. The average molecular weight is 359 g/mol. The summed E-state index contributed by atoms with van der Waals surface area (Å²) in [7, 11) is 0. The van der Waals surface area contributed by atoms with Crippen LogP contribution in [0.5, 0.6) is 0 Å². The Morgan fingerprint density at radius 2 is 2.23 bits per heavy atom. The molecular formula is C17H25N7O2. The molecule has 0 bridgehead atoms. The highest BCUT2D eigenvalue weighted by Gasteiger charge is 2.32. The quantitative estimate of drug-likeness (QED) is 0.866. The van der Waals surface area contributed by atoms with Gasteiger partial charge in [0, 0.05) is 25.7 Å². The van der Waals surface area contributed by atoms with Crippen molar-refractivity contribution in [2.75, 3.05) is 24.6 Å². The van der Waals surface area contributed by atoms with E-state index in [0.29, 0.717) is 18.8 Å². The molecule has 2 aromatic rings. The Morgan fingerprint density at radius 1 is 1.35 bits per heavy atom. The zero-order valence-corrected chi connectivity index (χ0v) is 15.3. The van der Waals surface area contributed by atoms with Crippen LogP contribution in [-0.4, -0.2) is 62.5 Å². The smallest absolute Gasteiger partial charge is 0.225 e. The van der Waals surface area contributed by atoms with Crippen LogP contribution in [0.1, 0.15) is 39.5 Å². The summed E-state index contributed by atoms with van der Waals surface area (Å²) in [6.07, 6.45) is 3.60. The number of nitrogens with zero attached hydrogens (tertiary/aromatic N) is 6. The van der Waals surface area contributed by atoms with E-state index in [1.54, 1.807) is 0 Å². The van der Waals surface area contributed by atoms with Gasteiger partial charge in [0.25, 0.3) is 0 Å². The van der Waals surface area contributed by atoms with Crippen molar-refractivity contribution in [3.63, 3.8) is 0 Å². The molecule has 4 rings (SSSR count). The van der Waals surface area contributed by atoms with Gasteiger partial charge in [0.2, 0.25) is 5.91 Å². The maximum Gasteiger partial charge on any atom is 0.225 e. The molecule has 0 saturated carbocycles. The summed E-state index contributed by atoms with van der Waals surface area (Å²) in [5.41, 5.74) is 0.446. The molecule has 9 nitrogen and oxygen atoms in total. The molecule has 0 spiro atoms. The predicted molar refractivity (Wildman–Crippen MR) is 94.7 cm³/mol. The number of carbonyl (C=O) groups excluding carboxylic acids is 1. The summed E-state index contributed by atoms with van der Waals surface area (Å²) in [6.45, 7) is 6.40. The van der Waals surface area contributed by atoms with Crippen molar-refractivity contribution in [3.05, 3.63) is 12.1 Å². The number of hydrogen-bond donors (Lipinski definition) is 1. The molecule has 140 valence electrons. The molecule has 1 N–H and O–H groups in total. The van der Waals surface area contributed by atoms with Gasteiger partial charge < -0.3 is 15.0 Å². The van der Waals surface area contributed by atoms with Crippen LogP contribution in [0, 0.1) is 5.92 Å². The van der Waals surface area contributed by atoms with Crippen LogP contribution in [0.4, 0.5) is 5.82 Å². The fourth-order valence-corrected chi connectivity index (χ4v) is 3.88. The minimum Gasteiger partial charge on any atom is -0.375 e. The fraction of sp³-hybridized carbons (Fsp3) is 0.706. The van der Waals surface area contributed by atoms with E-state index in [1.807, 2.05) is 12.1 Å². The zero-order chi connectivity index (χ0) is 18.1. The van der Waals surface area contributed by atoms with Crippen molar-refractivity contribution in [3.8, 4) is 0 Å². The van der Waals surface area contributed by atoms with Gasteiger partial charge in [-0.25, -0.2) is 0 Å². The molecule has 0 aliphatic carbocycles. The fourth-order valence-electron chi connectivity index (χ4n) is 3.88. The van der Waals surface area contributed by atoms with Crippen LogP contribution in [0.3, 0.4) is 0 Å². The number of anilines is 1. The summed E-state index contributed by atoms with van der Waals surface area (Å²) in [5.74, 6) is 0.913. The summed E-state index contributed by atoms with van der Waals surface area (Å²) in [6, 6.07) is 3.95. The van der Waals surface area contributed by atoms with Gasteiger partial charge in [-0.2, -0.15) is 0 Å². The number of hydrogen-bond acceptors (Lipinski definition) is 7. The molecule has 2 saturated heterocycles. The van der Waals surface area contributed by atoms with Gasteiger partial charge in [-0.1, -0.05) is 0 Å². The van der Waals surface area contributed by atoms with Gasteiger partial charge in [0.15, 0.2) is 11.5 Å². The second-order valence-electron chi connectivity index (χ2n) is 7.81. The van der Waals surface area contributed by atoms with Crippen LogP contribution < -0.4 is 10.2 Å². The molecule has 26 heavy (non-hydrogen) atoms. The summed E-state index contributed by atoms with van der Waals surface area (Å²) >= 11 is 0. The highest BCUT2D eigenvalue weighted by Crippen LogP contribution is 2.26. The zero-order valence-electron chi connectivity index (χ0n) is 15.3. The number of nitrogens with one attached hydrogen (secondary N) is 1. The summed E-state index contributed by atoms with van der Waals surface area (Å²) in [5, 5.41) is 19.0. The Labute approximate surface area is 152 Å². The summed E-state index contributed by atoms with van der Waals surface area (Å²) < 4.78 is 7.16. The Kier molecular flexibility index (Phi) is 4.47. The second kappa shape index (κ2) is 6.79. The normalized spacial score (nSPS) is 26.0. The third-order valence-electron chi connectivity index (χ3n) is 5.22. The third-order valence-corrected chi connectivity index (χ3v) is 5.22. The van der Waals surface area contributed by atoms with Gasteiger partial charge in [0.1, 0.15) is 0 Å². The molecule has 2 fully saturated rings. The van der Waals surface area contributed by atoms with Gasteiger partial charge in [-0.3, -0.25) is 4.79 Å². The van der Waals surface area contributed by atoms with Crippen LogP contribution in [0.25, 0.3) is 5.65 Å². The minimum absolute atomic E-state index is 0.0268. The lowest BCUT2D eigenvalue weighted by Crippen LogP contribution is -2.50. The van der Waals surface area contributed by atoms with Crippen LogP contribution in [0.15, 0.2) is 12.1 Å². The Balaban J connectivity index is 1.40. The Morgan fingerprint density at radius 3 is 3.08 bits per heavy atom. The third kappa shape index (κ3) is 3.62. The highest BCUT2D eigenvalue weighted by atomic mass is 16.5. The first-order valence-electron chi connectivity index (χ1n) is 9.25. The molecule has 0 aromatic carbocycles. The van der Waals surface area contributed by atoms with Crippen molar-refractivity contribution in [2.45, 2.75) is 51.2 Å². The standard InChI is InChI=1S/C17H25N7O2/c1-17(2)10-13(7-9-26-17)18-16(25)12-4-3-8-23(11-12)15-6-5-14-19-21-22-24(14)20-15/h5-6,12-13H,3-4,7-11H2,1-2H3,(H,18,25)/t12-,13+/m0/s1. The number of piperidine rings is 1. The largest absolute Gasteiger partial charge is 0.375 e. The SMILES string of the molecule is CC1(C)C[C@H](NC(=O)[C@H]2CCCN(c3ccc4nnnn4n3)C2)CCO1. The first kappa shape index (κ1) is 17.1. The minimum atomic E-state index is -0.167. The molecule has 4 heterocycles. The number of carbonyl (C=O) groups is 1. The first-order valence-corrected chi connectivity index (χ1v) is 9.25. The van der Waals surface area contributed by atoms with Crippen LogP contribution in [-0.2, 0) is 9.53 Å². The number of fused-ring (bicyclic) bond motifs is 1. The predicted octanol–water partition coefficient (Wildman–Crippen LogP) is 0.809. The Hall–Kier alpha value is -2.29. The van der Waals surface area contributed by atoms with Crippen molar-refractivity contribution < 1.29 is 9.53 Å². The van der Waals surface area contributed by atoms with E-state index >= 15 is 0 Å². The van der Waals surface area contributed by atoms with Crippen LogP contribution >= 0.6 is 0 Å². The van der Waals surface area contributed by atoms with E-state index in [9.17, 15) is 4.79 Å². The molecule has 0 unspecified atom stereocenters. The van der Waals surface area contributed by atoms with E-state index in [1.165, 1.54) is 4.63 Å². The van der Waals surface area contributed by atoms with Crippen molar-refractivity contribution in [1.82, 2.24) is 30.6 Å². The molecule has 2 aliphatic rings. The summed E-state index contributed by atoms with van der Waals surface area (Å²) in [4.78, 5) is 14.9. The van der Waals surface area contributed by atoms with Gasteiger partial charge in [-0.05, 0) is 62.1 Å². The van der Waals surface area contributed by atoms with Gasteiger partial charge in [0.05, 0.1) is 11.5 Å². The second-order valence-corrected chi connectivity index (χ2v) is 7.81. The monoisotopic (exact) mass is 359 g/mol. The number of tetrazole rings is 1. The Bertz CT molecular complexity index is 790. The lowest BCUT2D eigenvalue weighted by Gasteiger charge is -2.37. The molecule has 2 aromatic heterocycles.